The van der Waals surface area contributed by atoms with Crippen LogP contribution in [0.2, 0.25) is 0 Å². The Balaban J connectivity index is 2.63. The second-order valence-corrected chi connectivity index (χ2v) is 6.78. The van der Waals surface area contributed by atoms with Crippen LogP contribution in [0.1, 0.15) is 11.3 Å². The first-order chi connectivity index (χ1) is 9.31. The van der Waals surface area contributed by atoms with Gasteiger partial charge in [-0.2, -0.15) is 0 Å². The predicted molar refractivity (Wildman–Crippen MR) is 76.2 cm³/mol. The van der Waals surface area contributed by atoms with Gasteiger partial charge in [0.1, 0.15) is 11.5 Å². The molecule has 0 radical (unpaired) electrons. The highest BCUT2D eigenvalue weighted by atomic mass is 32.2. The average Bonchev–Trinajstić information content (AvgIpc) is 2.68. The highest BCUT2D eigenvalue weighted by molar-refractivity contribution is 7.89. The molecule has 7 heteroatoms. The maximum atomic E-state index is 11.5. The largest absolute Gasteiger partial charge is 0.496 e. The first kappa shape index (κ1) is 14.4. The number of aryl methyl sites for hydroxylation is 1. The van der Waals surface area contributed by atoms with Gasteiger partial charge in [-0.3, -0.25) is 0 Å². The Morgan fingerprint density at radius 3 is 2.70 bits per heavy atom. The lowest BCUT2D eigenvalue weighted by Crippen LogP contribution is -2.02. The van der Waals surface area contributed by atoms with Gasteiger partial charge >= 0.3 is 0 Å². The van der Waals surface area contributed by atoms with Crippen LogP contribution in [0.25, 0.3) is 11.1 Å². The summed E-state index contributed by atoms with van der Waals surface area (Å²) >= 11 is 0. The fraction of sp³-hybridized carbons (Fsp3) is 0.308. The second-order valence-electron chi connectivity index (χ2n) is 4.64. The van der Waals surface area contributed by atoms with Crippen LogP contribution in [0.4, 0.5) is 5.82 Å². The van der Waals surface area contributed by atoms with E-state index in [1.54, 1.807) is 6.07 Å². The fourth-order valence-electron chi connectivity index (χ4n) is 1.98. The Hall–Kier alpha value is -2.02. The number of aromatic nitrogens is 1. The third-order valence-corrected chi connectivity index (χ3v) is 3.59. The molecule has 1 aromatic carbocycles. The highest BCUT2D eigenvalue weighted by Crippen LogP contribution is 2.37. The van der Waals surface area contributed by atoms with Crippen molar-refractivity contribution in [3.63, 3.8) is 0 Å². The third-order valence-electron chi connectivity index (χ3n) is 2.81. The van der Waals surface area contributed by atoms with Gasteiger partial charge in [0.25, 0.3) is 0 Å². The molecule has 0 spiro atoms. The Morgan fingerprint density at radius 2 is 2.10 bits per heavy atom. The zero-order valence-electron chi connectivity index (χ0n) is 11.5. The molecule has 0 fully saturated rings. The number of benzene rings is 1. The minimum atomic E-state index is -3.25. The van der Waals surface area contributed by atoms with E-state index in [9.17, 15) is 8.42 Å². The Labute approximate surface area is 117 Å². The Morgan fingerprint density at radius 1 is 1.40 bits per heavy atom. The van der Waals surface area contributed by atoms with Crippen molar-refractivity contribution >= 4 is 15.7 Å². The van der Waals surface area contributed by atoms with Gasteiger partial charge in [0, 0.05) is 11.8 Å². The summed E-state index contributed by atoms with van der Waals surface area (Å²) in [5.41, 5.74) is 7.94. The fourth-order valence-corrected chi connectivity index (χ4v) is 2.65. The molecule has 0 unspecified atom stereocenters. The quantitative estimate of drug-likeness (QED) is 0.924. The molecule has 108 valence electrons. The van der Waals surface area contributed by atoms with E-state index in [2.05, 4.69) is 5.16 Å². The Bertz CT molecular complexity index is 735. The number of sulfone groups is 1. The first-order valence-electron chi connectivity index (χ1n) is 5.88. The Kier molecular flexibility index (Phi) is 3.71. The summed E-state index contributed by atoms with van der Waals surface area (Å²) in [6.45, 7) is 1.92. The number of ether oxygens (including phenoxy) is 1. The molecule has 0 saturated heterocycles. The summed E-state index contributed by atoms with van der Waals surface area (Å²) in [4.78, 5) is 0. The van der Waals surface area contributed by atoms with Gasteiger partial charge in [-0.25, -0.2) is 8.42 Å². The molecule has 0 aliphatic heterocycles. The lowest BCUT2D eigenvalue weighted by Gasteiger charge is -2.09. The molecule has 20 heavy (non-hydrogen) atoms. The number of nitrogens with two attached hydrogens (primary N) is 1. The van der Waals surface area contributed by atoms with Crippen LogP contribution in [0.5, 0.6) is 5.75 Å². The van der Waals surface area contributed by atoms with Crippen LogP contribution in [-0.2, 0) is 15.6 Å². The van der Waals surface area contributed by atoms with Gasteiger partial charge in [-0.15, -0.1) is 0 Å². The summed E-state index contributed by atoms with van der Waals surface area (Å²) < 4.78 is 33.3. The number of hydrogen-bond donors (Lipinski definition) is 1. The van der Waals surface area contributed by atoms with Crippen molar-refractivity contribution in [2.24, 2.45) is 0 Å². The number of hydrogen-bond acceptors (Lipinski definition) is 6. The summed E-state index contributed by atoms with van der Waals surface area (Å²) in [6.07, 6.45) is 1.13. The molecule has 0 aliphatic carbocycles. The van der Waals surface area contributed by atoms with Gasteiger partial charge < -0.3 is 15.0 Å². The van der Waals surface area contributed by atoms with E-state index in [4.69, 9.17) is 15.0 Å². The lowest BCUT2D eigenvalue weighted by atomic mass is 10.0. The molecule has 0 aliphatic rings. The molecular weight excluding hydrogens is 280 g/mol. The van der Waals surface area contributed by atoms with Gasteiger partial charge in [0.15, 0.2) is 21.4 Å². The molecular formula is C13H16N2O4S. The van der Waals surface area contributed by atoms with Gasteiger partial charge in [0.05, 0.1) is 12.7 Å². The maximum absolute atomic E-state index is 11.5. The van der Waals surface area contributed by atoms with E-state index in [1.807, 2.05) is 19.1 Å². The van der Waals surface area contributed by atoms with Crippen LogP contribution in [0.3, 0.4) is 0 Å². The summed E-state index contributed by atoms with van der Waals surface area (Å²) in [6, 6.07) is 5.54. The highest BCUT2D eigenvalue weighted by Gasteiger charge is 2.22. The molecule has 0 bridgehead atoms. The first-order valence-corrected chi connectivity index (χ1v) is 7.94. The van der Waals surface area contributed by atoms with Crippen LogP contribution in [-0.4, -0.2) is 26.9 Å². The van der Waals surface area contributed by atoms with E-state index >= 15 is 0 Å². The summed E-state index contributed by atoms with van der Waals surface area (Å²) in [5, 5.41) is 3.66. The van der Waals surface area contributed by atoms with E-state index in [-0.39, 0.29) is 17.3 Å². The topological polar surface area (TPSA) is 95.4 Å². The van der Waals surface area contributed by atoms with Crippen LogP contribution in [0.15, 0.2) is 22.7 Å². The monoisotopic (exact) mass is 296 g/mol. The molecule has 2 rings (SSSR count). The van der Waals surface area contributed by atoms with Crippen molar-refractivity contribution < 1.29 is 17.7 Å². The third kappa shape index (κ3) is 2.93. The van der Waals surface area contributed by atoms with Crippen molar-refractivity contribution in [2.45, 2.75) is 12.7 Å². The van der Waals surface area contributed by atoms with Gasteiger partial charge in [-0.1, -0.05) is 16.8 Å². The number of rotatable bonds is 4. The maximum Gasteiger partial charge on any atom is 0.175 e. The number of nitrogen functional groups attached to an aromatic ring is 1. The van der Waals surface area contributed by atoms with Crippen LogP contribution in [0, 0.1) is 6.92 Å². The van der Waals surface area contributed by atoms with Crippen molar-refractivity contribution in [3.05, 3.63) is 29.5 Å². The predicted octanol–water partition coefficient (Wildman–Crippen LogP) is 1.79. The van der Waals surface area contributed by atoms with E-state index in [1.165, 1.54) is 7.11 Å². The number of methoxy groups -OCH3 is 1. The van der Waals surface area contributed by atoms with Gasteiger partial charge in [-0.05, 0) is 19.1 Å². The summed E-state index contributed by atoms with van der Waals surface area (Å²) in [5.74, 6) is 0.686. The molecule has 0 atom stereocenters. The van der Waals surface area contributed by atoms with Crippen molar-refractivity contribution in [1.29, 1.82) is 0 Å². The molecule has 2 aromatic rings. The smallest absolute Gasteiger partial charge is 0.175 e. The molecule has 0 amide bonds. The standard InChI is InChI=1S/C13H16N2O4S/c1-8-4-5-10(18-2)9(6-8)12-11(7-20(3,16)17)19-15-13(12)14/h4-6H,7H2,1-3H3,(H2,14,15). The SMILES string of the molecule is COc1ccc(C)cc1-c1c(N)noc1CS(C)(=O)=O. The van der Waals surface area contributed by atoms with Crippen molar-refractivity contribution in [3.8, 4) is 16.9 Å². The lowest BCUT2D eigenvalue weighted by molar-refractivity contribution is 0.395. The molecule has 1 heterocycles. The van der Waals surface area contributed by atoms with E-state index < -0.39 is 9.84 Å². The number of nitrogens with zero attached hydrogens (tertiary/aromatic N) is 1. The van der Waals surface area contributed by atoms with E-state index in [0.29, 0.717) is 16.9 Å². The van der Waals surface area contributed by atoms with Crippen LogP contribution < -0.4 is 10.5 Å². The van der Waals surface area contributed by atoms with Crippen LogP contribution >= 0.6 is 0 Å². The zero-order chi connectivity index (χ0) is 14.9. The number of anilines is 1. The second kappa shape index (κ2) is 5.16. The van der Waals surface area contributed by atoms with Crippen molar-refractivity contribution in [2.75, 3.05) is 19.1 Å². The van der Waals surface area contributed by atoms with E-state index in [0.717, 1.165) is 11.8 Å². The normalized spacial score (nSPS) is 11.6. The minimum Gasteiger partial charge on any atom is -0.496 e. The molecule has 0 saturated carbocycles. The van der Waals surface area contributed by atoms with Crippen molar-refractivity contribution in [1.82, 2.24) is 5.16 Å². The molecule has 2 N–H and O–H groups in total. The molecule has 6 nitrogen and oxygen atoms in total. The van der Waals surface area contributed by atoms with Gasteiger partial charge in [0.2, 0.25) is 0 Å². The molecule has 1 aromatic heterocycles. The zero-order valence-corrected chi connectivity index (χ0v) is 12.3. The average molecular weight is 296 g/mol. The minimum absolute atomic E-state index is 0.146. The summed E-state index contributed by atoms with van der Waals surface area (Å²) in [7, 11) is -1.72.